The number of rotatable bonds is 6. The lowest BCUT2D eigenvalue weighted by molar-refractivity contribution is -0.00984. The molecule has 0 fully saturated rings. The normalized spacial score (nSPS) is 11.9. The Labute approximate surface area is 211 Å². The molecule has 7 nitrogen and oxygen atoms in total. The Kier molecular flexibility index (Phi) is 7.58. The number of carbonyl (C=O) groups is 2. The van der Waals surface area contributed by atoms with Crippen LogP contribution in [0, 0.1) is 0 Å². The molecule has 0 saturated carbocycles. The molecule has 0 saturated heterocycles. The number of ether oxygens (including phenoxy) is 2. The molecular weight excluding hydrogens is 662 g/mol. The van der Waals surface area contributed by atoms with E-state index in [2.05, 4.69) is 52.5 Å². The minimum atomic E-state index is -6.01. The van der Waals surface area contributed by atoms with E-state index in [1.165, 1.54) is 36.4 Å². The number of hydrogen-bond acceptors (Lipinski definition) is 7. The van der Waals surface area contributed by atoms with Crippen LogP contribution in [0.15, 0.2) is 61.9 Å². The first-order valence-electron chi connectivity index (χ1n) is 8.70. The lowest BCUT2D eigenvalue weighted by atomic mass is 10.00. The van der Waals surface area contributed by atoms with Gasteiger partial charge in [0.25, 0.3) is 0 Å². The van der Waals surface area contributed by atoms with Gasteiger partial charge in [-0.05, 0) is 66.9 Å². The number of hydrogen-bond donors (Lipinski definition) is 0. The molecule has 0 amide bonds. The summed E-state index contributed by atoms with van der Waals surface area (Å²) in [7, 11) is -6.01. The Bertz CT molecular complexity index is 1350. The van der Waals surface area contributed by atoms with E-state index in [-0.39, 0.29) is 27.6 Å². The molecule has 13 heteroatoms. The lowest BCUT2D eigenvalue weighted by Gasteiger charge is -2.19. The fraction of sp³-hybridized carbons (Fsp3) is 0.100. The van der Waals surface area contributed by atoms with Crippen molar-refractivity contribution < 1.29 is 40.8 Å². The molecule has 174 valence electrons. The number of alkyl halides is 2. The van der Waals surface area contributed by atoms with Crippen molar-refractivity contribution in [3.05, 3.63) is 73.1 Å². The van der Waals surface area contributed by atoms with E-state index in [1.807, 2.05) is 0 Å². The molecule has 0 unspecified atom stereocenters. The second-order valence-corrected chi connectivity index (χ2v) is 10.6. The zero-order valence-electron chi connectivity index (χ0n) is 16.0. The highest BCUT2D eigenvalue weighted by Crippen LogP contribution is 2.37. The maximum Gasteiger partial charge on any atom is 0.367 e. The molecule has 0 aliphatic rings. The van der Waals surface area contributed by atoms with Crippen LogP contribution in [0.5, 0.6) is 5.75 Å². The smallest absolute Gasteiger partial charge is 0.367 e. The highest BCUT2D eigenvalue weighted by atomic mass is 79.9. The minimum Gasteiger partial charge on any atom is -0.743 e. The number of carbonyl (C=O) groups excluding carboxylic acids is 2. The summed E-state index contributed by atoms with van der Waals surface area (Å²) in [6, 6.07) is 11.8. The fourth-order valence-corrected chi connectivity index (χ4v) is 5.36. The third-order valence-corrected chi connectivity index (χ3v) is 6.74. The van der Waals surface area contributed by atoms with Gasteiger partial charge in [-0.3, -0.25) is 0 Å². The SMILES string of the molecule is O=C(OCC(F)(F)S(=O)(=O)[O-])c1cccc2c(C(=O)Oc3c(Br)cc(Br)cc3Br)cccc12. The third kappa shape index (κ3) is 5.60. The summed E-state index contributed by atoms with van der Waals surface area (Å²) in [4.78, 5) is 25.2. The van der Waals surface area contributed by atoms with Gasteiger partial charge in [-0.2, -0.15) is 8.78 Å². The number of esters is 2. The molecular formula is C20H10Br3F2O7S-. The minimum absolute atomic E-state index is 0.0661. The van der Waals surface area contributed by atoms with Crippen molar-refractivity contribution in [1.82, 2.24) is 0 Å². The Morgan fingerprint density at radius 3 is 1.88 bits per heavy atom. The molecule has 0 N–H and O–H groups in total. The van der Waals surface area contributed by atoms with E-state index >= 15 is 0 Å². The third-order valence-electron chi connectivity index (χ3n) is 4.26. The highest BCUT2D eigenvalue weighted by molar-refractivity contribution is 9.11. The fourth-order valence-electron chi connectivity index (χ4n) is 2.74. The maximum absolute atomic E-state index is 13.3. The number of halogens is 5. The number of fused-ring (bicyclic) bond motifs is 1. The van der Waals surface area contributed by atoms with E-state index < -0.39 is 33.9 Å². The maximum atomic E-state index is 13.3. The molecule has 3 aromatic carbocycles. The van der Waals surface area contributed by atoms with Crippen LogP contribution in [-0.2, 0) is 14.9 Å². The summed E-state index contributed by atoms with van der Waals surface area (Å²) >= 11 is 9.91. The predicted molar refractivity (Wildman–Crippen MR) is 123 cm³/mol. The van der Waals surface area contributed by atoms with E-state index in [0.29, 0.717) is 8.95 Å². The van der Waals surface area contributed by atoms with E-state index in [4.69, 9.17) is 4.74 Å². The zero-order chi connectivity index (χ0) is 24.6. The second kappa shape index (κ2) is 9.74. The zero-order valence-corrected chi connectivity index (χ0v) is 21.6. The average Bonchev–Trinajstić information content (AvgIpc) is 2.72. The summed E-state index contributed by atoms with van der Waals surface area (Å²) in [5, 5.41) is -4.36. The lowest BCUT2D eigenvalue weighted by Crippen LogP contribution is -2.34. The van der Waals surface area contributed by atoms with Crippen molar-refractivity contribution in [3.8, 4) is 5.75 Å². The number of benzene rings is 3. The van der Waals surface area contributed by atoms with Gasteiger partial charge in [0.05, 0.1) is 20.1 Å². The topological polar surface area (TPSA) is 110 Å². The summed E-state index contributed by atoms with van der Waals surface area (Å²) < 4.78 is 70.0. The standard InChI is InChI=1S/C20H11Br3F2O7S/c21-10-7-15(22)17(16(23)8-10)32-19(27)14-6-2-3-11-12(14)4-1-5-13(11)18(26)31-9-20(24,25)33(28,29)30/h1-8H,9H2,(H,28,29,30)/p-1. The monoisotopic (exact) mass is 669 g/mol. The van der Waals surface area contributed by atoms with Gasteiger partial charge in [-0.15, -0.1) is 0 Å². The second-order valence-electron chi connectivity index (χ2n) is 6.46. The Balaban J connectivity index is 1.94. The van der Waals surface area contributed by atoms with Gasteiger partial charge >= 0.3 is 17.2 Å². The molecule has 3 aromatic rings. The molecule has 0 spiro atoms. The van der Waals surface area contributed by atoms with Crippen molar-refractivity contribution in [2.24, 2.45) is 0 Å². The van der Waals surface area contributed by atoms with Crippen LogP contribution in [0.2, 0.25) is 0 Å². The van der Waals surface area contributed by atoms with E-state index in [0.717, 1.165) is 4.47 Å². The molecule has 0 aliphatic heterocycles. The van der Waals surface area contributed by atoms with Crippen LogP contribution >= 0.6 is 47.8 Å². The quantitative estimate of drug-likeness (QED) is 0.190. The molecule has 0 aromatic heterocycles. The predicted octanol–water partition coefficient (Wildman–Crippen LogP) is 5.64. The van der Waals surface area contributed by atoms with Gasteiger partial charge in [0, 0.05) is 4.47 Å². The first-order valence-corrected chi connectivity index (χ1v) is 12.5. The van der Waals surface area contributed by atoms with Gasteiger partial charge in [0.1, 0.15) is 0 Å². The summed E-state index contributed by atoms with van der Waals surface area (Å²) in [5.74, 6) is -1.86. The first kappa shape index (κ1) is 25.7. The molecule has 0 aliphatic carbocycles. The van der Waals surface area contributed by atoms with Crippen LogP contribution in [0.3, 0.4) is 0 Å². The van der Waals surface area contributed by atoms with Gasteiger partial charge in [-0.25, -0.2) is 18.0 Å². The van der Waals surface area contributed by atoms with E-state index in [1.54, 1.807) is 12.1 Å². The van der Waals surface area contributed by atoms with Crippen molar-refractivity contribution in [2.45, 2.75) is 5.25 Å². The van der Waals surface area contributed by atoms with Crippen molar-refractivity contribution in [3.63, 3.8) is 0 Å². The molecule has 33 heavy (non-hydrogen) atoms. The molecule has 0 radical (unpaired) electrons. The van der Waals surface area contributed by atoms with Crippen molar-refractivity contribution >= 4 is 80.6 Å². The highest BCUT2D eigenvalue weighted by Gasteiger charge is 2.39. The summed E-state index contributed by atoms with van der Waals surface area (Å²) in [6.45, 7) is -1.94. The Morgan fingerprint density at radius 1 is 0.909 bits per heavy atom. The van der Waals surface area contributed by atoms with Crippen molar-refractivity contribution in [1.29, 1.82) is 0 Å². The van der Waals surface area contributed by atoms with E-state index in [9.17, 15) is 31.3 Å². The van der Waals surface area contributed by atoms with Gasteiger partial charge in [0.15, 0.2) is 22.5 Å². The van der Waals surface area contributed by atoms with Gasteiger partial charge in [-0.1, -0.05) is 40.2 Å². The van der Waals surface area contributed by atoms with Crippen LogP contribution in [0.25, 0.3) is 10.8 Å². The molecule has 0 atom stereocenters. The van der Waals surface area contributed by atoms with Crippen molar-refractivity contribution in [2.75, 3.05) is 6.61 Å². The average molecular weight is 672 g/mol. The van der Waals surface area contributed by atoms with Crippen LogP contribution in [0.4, 0.5) is 8.78 Å². The Morgan fingerprint density at radius 2 is 1.39 bits per heavy atom. The molecule has 0 heterocycles. The summed E-state index contributed by atoms with van der Waals surface area (Å²) in [6.07, 6.45) is 0. The van der Waals surface area contributed by atoms with Crippen LogP contribution in [0.1, 0.15) is 20.7 Å². The summed E-state index contributed by atoms with van der Waals surface area (Å²) in [5.41, 5.74) is -0.149. The van der Waals surface area contributed by atoms with Crippen LogP contribution in [-0.4, -0.2) is 36.8 Å². The van der Waals surface area contributed by atoms with Crippen LogP contribution < -0.4 is 4.74 Å². The largest absolute Gasteiger partial charge is 0.743 e. The van der Waals surface area contributed by atoms with Gasteiger partial charge < -0.3 is 14.0 Å². The Hall–Kier alpha value is -1.93. The first-order chi connectivity index (χ1) is 15.3. The molecule has 0 bridgehead atoms. The van der Waals surface area contributed by atoms with Gasteiger partial charge in [0.2, 0.25) is 0 Å². The molecule has 3 rings (SSSR count).